The first-order valence-corrected chi connectivity index (χ1v) is 19.2. The molecule has 0 aliphatic carbocycles. The molecule has 51 heavy (non-hydrogen) atoms. The molecule has 2 aromatic heterocycles. The molecule has 276 valence electrons. The molecule has 0 spiro atoms. The van der Waals surface area contributed by atoms with Gasteiger partial charge in [0.15, 0.2) is 0 Å². The second-order valence-corrected chi connectivity index (χ2v) is 15.1. The van der Waals surface area contributed by atoms with Crippen LogP contribution in [0.1, 0.15) is 106 Å². The maximum atomic E-state index is 12.8. The van der Waals surface area contributed by atoms with Gasteiger partial charge in [0.25, 0.3) is 0 Å². The third-order valence-electron chi connectivity index (χ3n) is 10.5. The van der Waals surface area contributed by atoms with Crippen LogP contribution in [0.25, 0.3) is 0 Å². The van der Waals surface area contributed by atoms with Crippen LogP contribution in [0.5, 0.6) is 0 Å². The molecule has 2 aliphatic heterocycles. The number of aromatic nitrogens is 2. The molecule has 0 N–H and O–H groups in total. The summed E-state index contributed by atoms with van der Waals surface area (Å²) in [7, 11) is 0. The van der Waals surface area contributed by atoms with Crippen LogP contribution in [0.2, 0.25) is 0 Å². The van der Waals surface area contributed by atoms with Crippen molar-refractivity contribution >= 4 is 23.6 Å². The number of benzene rings is 1. The lowest BCUT2D eigenvalue weighted by molar-refractivity contribution is 0.0367. The molecule has 4 heterocycles. The molecule has 2 aliphatic rings. The fourth-order valence-corrected chi connectivity index (χ4v) is 8.09. The first-order valence-electron chi connectivity index (χ1n) is 19.2. The van der Waals surface area contributed by atoms with Crippen LogP contribution in [-0.2, 0) is 22.4 Å². The van der Waals surface area contributed by atoms with Gasteiger partial charge in [-0.05, 0) is 107 Å². The Kier molecular flexibility index (Phi) is 13.5. The quantitative estimate of drug-likeness (QED) is 0.139. The normalized spacial score (nSPS) is 18.9. The van der Waals surface area contributed by atoms with Crippen LogP contribution in [0.4, 0.5) is 11.6 Å². The SMILES string of the molecule is CCCC(C(C)Cc1ccc(CN(CC)C2CCN(c3ncccc3C(=O)OC(C)C)C2)cc1)C1CCN(c2ncccc2C(=O)OC(C)C)C1. The van der Waals surface area contributed by atoms with Gasteiger partial charge in [-0.15, -0.1) is 0 Å². The summed E-state index contributed by atoms with van der Waals surface area (Å²) in [6.07, 6.45) is 8.75. The lowest BCUT2D eigenvalue weighted by atomic mass is 9.76. The predicted molar refractivity (Wildman–Crippen MR) is 204 cm³/mol. The van der Waals surface area contributed by atoms with Crippen LogP contribution in [-0.4, -0.2) is 77.8 Å². The molecule has 5 rings (SSSR count). The Hall–Kier alpha value is -3.98. The summed E-state index contributed by atoms with van der Waals surface area (Å²) in [4.78, 5) is 41.9. The molecule has 1 aromatic carbocycles. The van der Waals surface area contributed by atoms with Gasteiger partial charge in [0.2, 0.25) is 0 Å². The van der Waals surface area contributed by atoms with Crippen LogP contribution in [0.15, 0.2) is 60.9 Å². The van der Waals surface area contributed by atoms with Crippen molar-refractivity contribution in [1.82, 2.24) is 14.9 Å². The summed E-state index contributed by atoms with van der Waals surface area (Å²) in [6.45, 7) is 19.8. The minimum Gasteiger partial charge on any atom is -0.459 e. The number of hydrogen-bond donors (Lipinski definition) is 0. The fraction of sp³-hybridized carbons (Fsp3) is 0.571. The molecular weight excluding hydrogens is 638 g/mol. The van der Waals surface area contributed by atoms with E-state index in [1.807, 2.05) is 45.9 Å². The highest BCUT2D eigenvalue weighted by atomic mass is 16.5. The molecule has 4 atom stereocenters. The Balaban J connectivity index is 1.18. The lowest BCUT2D eigenvalue weighted by Crippen LogP contribution is -2.37. The van der Waals surface area contributed by atoms with Crippen molar-refractivity contribution in [2.45, 2.75) is 105 Å². The largest absolute Gasteiger partial charge is 0.459 e. The van der Waals surface area contributed by atoms with Gasteiger partial charge >= 0.3 is 11.9 Å². The molecule has 0 amide bonds. The zero-order chi connectivity index (χ0) is 36.5. The molecule has 4 unspecified atom stereocenters. The smallest absolute Gasteiger partial charge is 0.342 e. The van der Waals surface area contributed by atoms with Gasteiger partial charge in [0.05, 0.1) is 12.2 Å². The molecule has 2 saturated heterocycles. The summed E-state index contributed by atoms with van der Waals surface area (Å²) >= 11 is 0. The number of anilines is 2. The van der Waals surface area contributed by atoms with Gasteiger partial charge in [0, 0.05) is 51.2 Å². The summed E-state index contributed by atoms with van der Waals surface area (Å²) in [5.74, 6) is 2.57. The second-order valence-electron chi connectivity index (χ2n) is 15.1. The number of carbonyl (C=O) groups is 2. The monoisotopic (exact) mass is 697 g/mol. The summed E-state index contributed by atoms with van der Waals surface area (Å²) in [5.41, 5.74) is 3.81. The first-order chi connectivity index (χ1) is 24.6. The fourth-order valence-electron chi connectivity index (χ4n) is 8.09. The Morgan fingerprint density at radius 3 is 1.88 bits per heavy atom. The van der Waals surface area contributed by atoms with Crippen LogP contribution in [0.3, 0.4) is 0 Å². The van der Waals surface area contributed by atoms with E-state index in [-0.39, 0.29) is 24.1 Å². The van der Waals surface area contributed by atoms with E-state index >= 15 is 0 Å². The van der Waals surface area contributed by atoms with E-state index in [0.717, 1.165) is 76.6 Å². The highest BCUT2D eigenvalue weighted by Crippen LogP contribution is 2.37. The lowest BCUT2D eigenvalue weighted by Gasteiger charge is -2.30. The number of esters is 2. The maximum Gasteiger partial charge on any atom is 0.342 e. The van der Waals surface area contributed by atoms with E-state index < -0.39 is 0 Å². The first kappa shape index (κ1) is 38.3. The third-order valence-corrected chi connectivity index (χ3v) is 10.5. The van der Waals surface area contributed by atoms with Crippen molar-refractivity contribution in [2.75, 3.05) is 42.5 Å². The van der Waals surface area contributed by atoms with E-state index in [1.165, 1.54) is 17.5 Å². The number of hydrogen-bond acceptors (Lipinski definition) is 9. The maximum absolute atomic E-state index is 12.8. The van der Waals surface area contributed by atoms with Gasteiger partial charge in [-0.3, -0.25) is 4.90 Å². The Morgan fingerprint density at radius 2 is 1.33 bits per heavy atom. The summed E-state index contributed by atoms with van der Waals surface area (Å²) in [5, 5.41) is 0. The van der Waals surface area contributed by atoms with Crippen molar-refractivity contribution in [2.24, 2.45) is 17.8 Å². The third kappa shape index (κ3) is 9.88. The van der Waals surface area contributed by atoms with E-state index in [2.05, 4.69) is 69.7 Å². The topological polar surface area (TPSA) is 88.1 Å². The minimum atomic E-state index is -0.312. The van der Waals surface area contributed by atoms with E-state index in [4.69, 9.17) is 9.47 Å². The van der Waals surface area contributed by atoms with Crippen LogP contribution in [0, 0.1) is 17.8 Å². The Labute approximate surface area is 305 Å². The number of nitrogens with zero attached hydrogens (tertiary/aromatic N) is 5. The van der Waals surface area contributed by atoms with E-state index in [0.29, 0.717) is 34.9 Å². The standard InChI is InChI=1S/C42H59N5O4/c1-8-12-36(34-19-23-46(27-34)39-37(13-10-21-43-39)41(48)50-29(3)4)31(7)25-32-15-17-33(18-16-32)26-45(9-2)35-20-24-47(28-35)40-38(14-11-22-44-40)42(49)51-30(5)6/h10-11,13-18,21-22,29-31,34-36H,8-9,12,19-20,23-28H2,1-7H3. The van der Waals surface area contributed by atoms with Gasteiger partial charge in [-0.1, -0.05) is 57.9 Å². The van der Waals surface area contributed by atoms with Gasteiger partial charge in [0.1, 0.15) is 22.8 Å². The average molecular weight is 698 g/mol. The zero-order valence-electron chi connectivity index (χ0n) is 31.9. The van der Waals surface area contributed by atoms with Crippen molar-refractivity contribution < 1.29 is 19.1 Å². The number of pyridine rings is 2. The predicted octanol–water partition coefficient (Wildman–Crippen LogP) is 7.83. The van der Waals surface area contributed by atoms with Crippen molar-refractivity contribution in [3.05, 3.63) is 83.2 Å². The molecule has 9 heteroatoms. The zero-order valence-corrected chi connectivity index (χ0v) is 31.9. The molecule has 2 fully saturated rings. The Bertz CT molecular complexity index is 1580. The van der Waals surface area contributed by atoms with Gasteiger partial charge in [-0.25, -0.2) is 19.6 Å². The van der Waals surface area contributed by atoms with Gasteiger partial charge < -0.3 is 19.3 Å². The average Bonchev–Trinajstić information content (AvgIpc) is 3.81. The van der Waals surface area contributed by atoms with Crippen LogP contribution < -0.4 is 9.80 Å². The highest BCUT2D eigenvalue weighted by molar-refractivity contribution is 5.95. The number of likely N-dealkylation sites (N-methyl/N-ethyl adjacent to an activating group) is 1. The van der Waals surface area contributed by atoms with Crippen LogP contribution >= 0.6 is 0 Å². The molecule has 0 bridgehead atoms. The minimum absolute atomic E-state index is 0.166. The highest BCUT2D eigenvalue weighted by Gasteiger charge is 2.35. The summed E-state index contributed by atoms with van der Waals surface area (Å²) in [6, 6.07) is 16.9. The summed E-state index contributed by atoms with van der Waals surface area (Å²) < 4.78 is 11.0. The van der Waals surface area contributed by atoms with E-state index in [9.17, 15) is 9.59 Å². The number of ether oxygens (including phenoxy) is 2. The molecular formula is C42H59N5O4. The van der Waals surface area contributed by atoms with Crippen molar-refractivity contribution in [3.8, 4) is 0 Å². The van der Waals surface area contributed by atoms with Gasteiger partial charge in [-0.2, -0.15) is 0 Å². The number of rotatable bonds is 16. The molecule has 0 saturated carbocycles. The van der Waals surface area contributed by atoms with Crippen molar-refractivity contribution in [1.29, 1.82) is 0 Å². The molecule has 0 radical (unpaired) electrons. The Morgan fingerprint density at radius 1 is 0.784 bits per heavy atom. The number of carbonyl (C=O) groups excluding carboxylic acids is 2. The molecule has 9 nitrogen and oxygen atoms in total. The second kappa shape index (κ2) is 18.0. The van der Waals surface area contributed by atoms with Crippen molar-refractivity contribution in [3.63, 3.8) is 0 Å². The van der Waals surface area contributed by atoms with E-state index in [1.54, 1.807) is 18.5 Å². The molecule has 3 aromatic rings.